The molecule has 8 heteroatoms. The number of carbonyl (C=O) groups excluding carboxylic acids is 2. The Bertz CT molecular complexity index is 1160. The van der Waals surface area contributed by atoms with Gasteiger partial charge in [0, 0.05) is 24.2 Å². The molecule has 0 aliphatic heterocycles. The van der Waals surface area contributed by atoms with Gasteiger partial charge in [-0.25, -0.2) is 4.98 Å². The highest BCUT2D eigenvalue weighted by Crippen LogP contribution is 2.20. The summed E-state index contributed by atoms with van der Waals surface area (Å²) >= 11 is 6.11. The van der Waals surface area contributed by atoms with Crippen molar-refractivity contribution >= 4 is 46.0 Å². The van der Waals surface area contributed by atoms with Crippen molar-refractivity contribution in [2.24, 2.45) is 0 Å². The Balaban J connectivity index is 2.00. The van der Waals surface area contributed by atoms with Crippen molar-refractivity contribution in [1.29, 1.82) is 0 Å². The molecule has 0 saturated heterocycles. The maximum atomic E-state index is 13.0. The van der Waals surface area contributed by atoms with Crippen LogP contribution in [0.4, 0.5) is 11.5 Å². The molecule has 1 N–H and O–H groups in total. The molecule has 0 radical (unpaired) electrons. The first kappa shape index (κ1) is 20.5. The first-order valence-corrected chi connectivity index (χ1v) is 9.51. The Hall–Kier alpha value is -3.19. The van der Waals surface area contributed by atoms with Crippen LogP contribution >= 0.6 is 11.6 Å². The van der Waals surface area contributed by atoms with Crippen LogP contribution in [0, 0.1) is 6.92 Å². The predicted octanol–water partition coefficient (Wildman–Crippen LogP) is 3.37. The van der Waals surface area contributed by atoms with Crippen molar-refractivity contribution in [3.63, 3.8) is 0 Å². The van der Waals surface area contributed by atoms with Gasteiger partial charge in [-0.2, -0.15) is 0 Å². The molecule has 0 fully saturated rings. The van der Waals surface area contributed by atoms with E-state index in [-0.39, 0.29) is 24.7 Å². The number of fused-ring (bicyclic) bond motifs is 1. The third-order valence-electron chi connectivity index (χ3n) is 4.59. The summed E-state index contributed by atoms with van der Waals surface area (Å²) in [6.07, 6.45) is 0.235. The van der Waals surface area contributed by atoms with Crippen LogP contribution in [0.25, 0.3) is 11.0 Å². The fourth-order valence-electron chi connectivity index (χ4n) is 2.92. The van der Waals surface area contributed by atoms with Gasteiger partial charge in [0.25, 0.3) is 5.56 Å². The molecule has 0 saturated carbocycles. The van der Waals surface area contributed by atoms with Crippen LogP contribution in [0.15, 0.2) is 47.3 Å². The first-order chi connectivity index (χ1) is 13.8. The number of aryl methyl sites for hydroxylation is 1. The van der Waals surface area contributed by atoms with Gasteiger partial charge in [0.05, 0.1) is 11.0 Å². The number of hydrogen-bond acceptors (Lipinski definition) is 4. The molecule has 3 rings (SSSR count). The molecule has 3 aromatic rings. The van der Waals surface area contributed by atoms with Gasteiger partial charge in [-0.1, -0.05) is 36.7 Å². The summed E-state index contributed by atoms with van der Waals surface area (Å²) in [6, 6.07) is 12.2. The third kappa shape index (κ3) is 4.30. The van der Waals surface area contributed by atoms with E-state index in [1.807, 2.05) is 6.92 Å². The lowest BCUT2D eigenvalue weighted by molar-refractivity contribution is -0.118. The van der Waals surface area contributed by atoms with Gasteiger partial charge in [0.1, 0.15) is 6.54 Å². The number of nitrogens with one attached hydrogen (secondary N) is 1. The quantitative estimate of drug-likeness (QED) is 0.696. The van der Waals surface area contributed by atoms with Crippen LogP contribution in [-0.2, 0) is 16.1 Å². The third-order valence-corrected chi connectivity index (χ3v) is 4.99. The van der Waals surface area contributed by atoms with Gasteiger partial charge < -0.3 is 5.32 Å². The van der Waals surface area contributed by atoms with Gasteiger partial charge >= 0.3 is 0 Å². The van der Waals surface area contributed by atoms with Crippen molar-refractivity contribution < 1.29 is 9.59 Å². The molecule has 1 aromatic heterocycles. The predicted molar refractivity (Wildman–Crippen MR) is 115 cm³/mol. The van der Waals surface area contributed by atoms with Crippen LogP contribution in [0.5, 0.6) is 0 Å². The largest absolute Gasteiger partial charge is 0.324 e. The minimum atomic E-state index is -0.509. The minimum absolute atomic E-state index is 0.0123. The van der Waals surface area contributed by atoms with Gasteiger partial charge in [-0.15, -0.1) is 0 Å². The summed E-state index contributed by atoms with van der Waals surface area (Å²) in [5.74, 6) is -0.643. The van der Waals surface area contributed by atoms with E-state index in [4.69, 9.17) is 11.6 Å². The van der Waals surface area contributed by atoms with Gasteiger partial charge in [0.15, 0.2) is 0 Å². The molecular weight excluding hydrogens is 392 g/mol. The molecule has 7 nitrogen and oxygen atoms in total. The van der Waals surface area contributed by atoms with Crippen molar-refractivity contribution in [3.8, 4) is 0 Å². The number of aromatic nitrogens is 2. The smallest absolute Gasteiger partial charge is 0.294 e. The van der Waals surface area contributed by atoms with E-state index in [1.54, 1.807) is 49.4 Å². The number of para-hydroxylation sites is 2. The Morgan fingerprint density at radius 1 is 1.21 bits per heavy atom. The standard InChI is InChI=1S/C21H21ClN4O3/c1-4-19(28)25(3)20-21(29)26(17-8-6-5-7-16(17)24-20)12-18(27)23-14-10-9-13(2)15(22)11-14/h5-11H,4,12H2,1-3H3,(H,23,27). The maximum absolute atomic E-state index is 13.0. The van der Waals surface area contributed by atoms with E-state index < -0.39 is 11.5 Å². The van der Waals surface area contributed by atoms with Crippen molar-refractivity contribution in [1.82, 2.24) is 9.55 Å². The molecular formula is C21H21ClN4O3. The van der Waals surface area contributed by atoms with Crippen molar-refractivity contribution in [2.45, 2.75) is 26.8 Å². The lowest BCUT2D eigenvalue weighted by Gasteiger charge is -2.18. The number of benzene rings is 2. The average molecular weight is 413 g/mol. The molecule has 2 aromatic carbocycles. The van der Waals surface area contributed by atoms with Gasteiger partial charge in [-0.05, 0) is 36.8 Å². The molecule has 0 atom stereocenters. The fourth-order valence-corrected chi connectivity index (χ4v) is 3.10. The first-order valence-electron chi connectivity index (χ1n) is 9.14. The molecule has 150 valence electrons. The fraction of sp³-hybridized carbons (Fsp3) is 0.238. The summed E-state index contributed by atoms with van der Waals surface area (Å²) in [5.41, 5.74) is 1.95. The van der Waals surface area contributed by atoms with Crippen molar-refractivity contribution in [3.05, 3.63) is 63.4 Å². The molecule has 1 heterocycles. The van der Waals surface area contributed by atoms with E-state index in [1.165, 1.54) is 16.5 Å². The lowest BCUT2D eigenvalue weighted by Crippen LogP contribution is -2.36. The number of carbonyl (C=O) groups is 2. The summed E-state index contributed by atoms with van der Waals surface area (Å²) in [5, 5.41) is 3.29. The van der Waals surface area contributed by atoms with Gasteiger partial charge in [0.2, 0.25) is 17.6 Å². The lowest BCUT2D eigenvalue weighted by atomic mass is 10.2. The maximum Gasteiger partial charge on any atom is 0.294 e. The summed E-state index contributed by atoms with van der Waals surface area (Å²) in [6.45, 7) is 3.35. The van der Waals surface area contributed by atoms with E-state index in [0.29, 0.717) is 21.7 Å². The van der Waals surface area contributed by atoms with Crippen LogP contribution in [0.2, 0.25) is 5.02 Å². The molecule has 0 aliphatic rings. The second kappa shape index (κ2) is 8.45. The second-order valence-corrected chi connectivity index (χ2v) is 7.04. The highest BCUT2D eigenvalue weighted by atomic mass is 35.5. The van der Waals surface area contributed by atoms with E-state index >= 15 is 0 Å². The van der Waals surface area contributed by atoms with Crippen LogP contribution in [0.3, 0.4) is 0 Å². The van der Waals surface area contributed by atoms with Crippen LogP contribution in [0.1, 0.15) is 18.9 Å². The average Bonchev–Trinajstić information content (AvgIpc) is 2.71. The number of amides is 2. The Kier molecular flexibility index (Phi) is 5.98. The zero-order valence-corrected chi connectivity index (χ0v) is 17.2. The van der Waals surface area contributed by atoms with E-state index in [9.17, 15) is 14.4 Å². The zero-order valence-electron chi connectivity index (χ0n) is 16.4. The second-order valence-electron chi connectivity index (χ2n) is 6.63. The Labute approximate surface area is 172 Å². The highest BCUT2D eigenvalue weighted by Gasteiger charge is 2.19. The topological polar surface area (TPSA) is 84.3 Å². The molecule has 0 aliphatic carbocycles. The zero-order chi connectivity index (χ0) is 21.1. The Morgan fingerprint density at radius 2 is 1.93 bits per heavy atom. The van der Waals surface area contributed by atoms with E-state index in [0.717, 1.165) is 5.56 Å². The number of anilines is 2. The molecule has 0 unspecified atom stereocenters. The number of nitrogens with zero attached hydrogens (tertiary/aromatic N) is 3. The SMILES string of the molecule is CCC(=O)N(C)c1nc2ccccc2n(CC(=O)Nc2ccc(C)c(Cl)c2)c1=O. The highest BCUT2D eigenvalue weighted by molar-refractivity contribution is 6.31. The number of hydrogen-bond donors (Lipinski definition) is 1. The molecule has 0 spiro atoms. The van der Waals surface area contributed by atoms with Crippen molar-refractivity contribution in [2.75, 3.05) is 17.3 Å². The van der Waals surface area contributed by atoms with Gasteiger partial charge in [-0.3, -0.25) is 23.9 Å². The summed E-state index contributed by atoms with van der Waals surface area (Å²) in [7, 11) is 1.50. The normalized spacial score (nSPS) is 10.8. The Morgan fingerprint density at radius 3 is 2.62 bits per heavy atom. The van der Waals surface area contributed by atoms with Crippen LogP contribution in [-0.4, -0.2) is 28.4 Å². The van der Waals surface area contributed by atoms with Crippen LogP contribution < -0.4 is 15.8 Å². The number of halogens is 1. The molecule has 29 heavy (non-hydrogen) atoms. The monoisotopic (exact) mass is 412 g/mol. The number of rotatable bonds is 5. The summed E-state index contributed by atoms with van der Waals surface area (Å²) in [4.78, 5) is 43.3. The summed E-state index contributed by atoms with van der Waals surface area (Å²) < 4.78 is 1.32. The molecule has 0 bridgehead atoms. The molecule has 2 amide bonds. The van der Waals surface area contributed by atoms with E-state index in [2.05, 4.69) is 10.3 Å². The minimum Gasteiger partial charge on any atom is -0.324 e.